The minimum absolute atomic E-state index is 0.0541. The molecule has 0 saturated carbocycles. The van der Waals surface area contributed by atoms with Gasteiger partial charge in [-0.05, 0) is 44.5 Å². The highest BCUT2D eigenvalue weighted by Gasteiger charge is 2.30. The van der Waals surface area contributed by atoms with Crippen LogP contribution in [0, 0.1) is 6.92 Å². The van der Waals surface area contributed by atoms with Gasteiger partial charge in [-0.15, -0.1) is 0 Å². The van der Waals surface area contributed by atoms with Crippen molar-refractivity contribution < 1.29 is 13.2 Å². The van der Waals surface area contributed by atoms with Crippen LogP contribution in [0.3, 0.4) is 0 Å². The third-order valence-corrected chi connectivity index (χ3v) is 5.19. The largest absolute Gasteiger partial charge is 0.399 e. The Bertz CT molecular complexity index is 572. The number of amides is 1. The molecule has 0 aliphatic carbocycles. The number of carbonyl (C=O) groups excluding carboxylic acids is 1. The van der Waals surface area contributed by atoms with Gasteiger partial charge in [0.05, 0.1) is 4.75 Å². The van der Waals surface area contributed by atoms with Crippen LogP contribution in [0.1, 0.15) is 29.8 Å². The molecular formula is C13H20N2O3S. The van der Waals surface area contributed by atoms with Crippen LogP contribution in [-0.2, 0) is 9.84 Å². The summed E-state index contributed by atoms with van der Waals surface area (Å²) >= 11 is 0. The summed E-state index contributed by atoms with van der Waals surface area (Å²) in [5.41, 5.74) is 7.49. The number of hydrogen-bond acceptors (Lipinski definition) is 4. The van der Waals surface area contributed by atoms with E-state index in [4.69, 9.17) is 5.73 Å². The van der Waals surface area contributed by atoms with Crippen molar-refractivity contribution in [1.82, 2.24) is 5.32 Å². The number of rotatable bonds is 4. The van der Waals surface area contributed by atoms with Crippen molar-refractivity contribution >= 4 is 21.4 Å². The molecule has 3 N–H and O–H groups in total. The topological polar surface area (TPSA) is 89.3 Å². The van der Waals surface area contributed by atoms with Crippen molar-refractivity contribution in [3.8, 4) is 0 Å². The Morgan fingerprint density at radius 1 is 1.32 bits per heavy atom. The molecule has 0 aromatic heterocycles. The highest BCUT2D eigenvalue weighted by Crippen LogP contribution is 2.15. The van der Waals surface area contributed by atoms with Gasteiger partial charge in [-0.2, -0.15) is 0 Å². The van der Waals surface area contributed by atoms with Crippen LogP contribution in [0.25, 0.3) is 0 Å². The fraction of sp³-hybridized carbons (Fsp3) is 0.462. The second-order valence-corrected chi connectivity index (χ2v) is 8.00. The first-order chi connectivity index (χ1) is 8.53. The van der Waals surface area contributed by atoms with E-state index in [1.54, 1.807) is 32.0 Å². The molecule has 0 fully saturated rings. The average molecular weight is 284 g/mol. The molecule has 0 bridgehead atoms. The number of carbonyl (C=O) groups is 1. The second-order valence-electron chi connectivity index (χ2n) is 5.35. The molecule has 1 aromatic rings. The van der Waals surface area contributed by atoms with Gasteiger partial charge < -0.3 is 11.1 Å². The molecule has 5 nitrogen and oxygen atoms in total. The number of nitrogen functional groups attached to an aromatic ring is 1. The van der Waals surface area contributed by atoms with E-state index in [0.29, 0.717) is 11.3 Å². The first-order valence-electron chi connectivity index (χ1n) is 5.88. The number of sulfone groups is 1. The van der Waals surface area contributed by atoms with Gasteiger partial charge in [-0.25, -0.2) is 8.42 Å². The number of benzene rings is 1. The molecule has 1 aromatic carbocycles. The number of anilines is 1. The number of hydrogen-bond donors (Lipinski definition) is 2. The minimum Gasteiger partial charge on any atom is -0.399 e. The Balaban J connectivity index is 2.82. The Kier molecular flexibility index (Phi) is 4.25. The minimum atomic E-state index is -3.24. The van der Waals surface area contributed by atoms with Crippen LogP contribution < -0.4 is 11.1 Å². The van der Waals surface area contributed by atoms with E-state index in [9.17, 15) is 13.2 Å². The molecule has 0 aliphatic heterocycles. The van der Waals surface area contributed by atoms with E-state index in [1.807, 2.05) is 6.92 Å². The Morgan fingerprint density at radius 2 is 1.89 bits per heavy atom. The van der Waals surface area contributed by atoms with E-state index < -0.39 is 14.6 Å². The van der Waals surface area contributed by atoms with Gasteiger partial charge in [0.15, 0.2) is 9.84 Å². The van der Waals surface area contributed by atoms with Gasteiger partial charge in [-0.3, -0.25) is 4.79 Å². The van der Waals surface area contributed by atoms with Crippen LogP contribution in [0.4, 0.5) is 5.69 Å². The average Bonchev–Trinajstić information content (AvgIpc) is 2.23. The van der Waals surface area contributed by atoms with Gasteiger partial charge in [0.2, 0.25) is 0 Å². The second kappa shape index (κ2) is 5.21. The number of aryl methyl sites for hydroxylation is 1. The van der Waals surface area contributed by atoms with Gasteiger partial charge in [0.1, 0.15) is 0 Å². The fourth-order valence-electron chi connectivity index (χ4n) is 1.47. The highest BCUT2D eigenvalue weighted by molar-refractivity contribution is 7.92. The van der Waals surface area contributed by atoms with Crippen molar-refractivity contribution in [2.24, 2.45) is 0 Å². The highest BCUT2D eigenvalue weighted by atomic mass is 32.2. The molecule has 0 unspecified atom stereocenters. The predicted octanol–water partition coefficient (Wildman–Crippen LogP) is 1.13. The summed E-state index contributed by atoms with van der Waals surface area (Å²) in [6.07, 6.45) is 1.16. The summed E-state index contributed by atoms with van der Waals surface area (Å²) in [6, 6.07) is 5.03. The maximum Gasteiger partial charge on any atom is 0.251 e. The lowest BCUT2D eigenvalue weighted by Crippen LogP contribution is -2.43. The summed E-state index contributed by atoms with van der Waals surface area (Å²) in [7, 11) is -3.24. The summed E-state index contributed by atoms with van der Waals surface area (Å²) in [4.78, 5) is 12.0. The fourth-order valence-corrected chi connectivity index (χ4v) is 1.80. The van der Waals surface area contributed by atoms with E-state index in [1.165, 1.54) is 0 Å². The van der Waals surface area contributed by atoms with Crippen LogP contribution in [0.5, 0.6) is 0 Å². The lowest BCUT2D eigenvalue weighted by Gasteiger charge is -2.22. The summed E-state index contributed by atoms with van der Waals surface area (Å²) in [5.74, 6) is -0.327. The normalized spacial score (nSPS) is 12.2. The molecule has 6 heteroatoms. The van der Waals surface area contributed by atoms with Crippen molar-refractivity contribution in [3.05, 3.63) is 29.3 Å². The predicted molar refractivity (Wildman–Crippen MR) is 76.8 cm³/mol. The maximum absolute atomic E-state index is 12.0. The Morgan fingerprint density at radius 3 is 2.37 bits per heavy atom. The van der Waals surface area contributed by atoms with Crippen LogP contribution >= 0.6 is 0 Å². The first kappa shape index (κ1) is 15.5. The van der Waals surface area contributed by atoms with Crippen molar-refractivity contribution in [2.75, 3.05) is 18.5 Å². The molecule has 0 saturated heterocycles. The summed E-state index contributed by atoms with van der Waals surface area (Å²) in [6.45, 7) is 5.05. The third kappa shape index (κ3) is 3.96. The Hall–Kier alpha value is -1.56. The smallest absolute Gasteiger partial charge is 0.251 e. The van der Waals surface area contributed by atoms with Gasteiger partial charge in [0, 0.05) is 24.1 Å². The third-order valence-electron chi connectivity index (χ3n) is 3.04. The van der Waals surface area contributed by atoms with Crippen molar-refractivity contribution in [2.45, 2.75) is 25.5 Å². The molecule has 1 rings (SSSR count). The Labute approximate surface area is 114 Å². The van der Waals surface area contributed by atoms with Gasteiger partial charge in [0.25, 0.3) is 5.91 Å². The zero-order valence-electron chi connectivity index (χ0n) is 11.6. The molecule has 0 radical (unpaired) electrons. The lowest BCUT2D eigenvalue weighted by molar-refractivity contribution is 0.0950. The zero-order chi connectivity index (χ0) is 14.8. The molecule has 19 heavy (non-hydrogen) atoms. The molecule has 0 aliphatic rings. The number of nitrogens with two attached hydrogens (primary N) is 1. The van der Waals surface area contributed by atoms with Crippen molar-refractivity contribution in [1.29, 1.82) is 0 Å². The quantitative estimate of drug-likeness (QED) is 0.811. The molecule has 0 atom stereocenters. The van der Waals surface area contributed by atoms with Crippen LogP contribution in [0.15, 0.2) is 18.2 Å². The molecule has 1 amide bonds. The zero-order valence-corrected chi connectivity index (χ0v) is 12.5. The van der Waals surface area contributed by atoms with E-state index in [-0.39, 0.29) is 12.5 Å². The molecule has 0 heterocycles. The first-order valence-corrected chi connectivity index (χ1v) is 7.77. The van der Waals surface area contributed by atoms with E-state index in [0.717, 1.165) is 11.8 Å². The monoisotopic (exact) mass is 284 g/mol. The van der Waals surface area contributed by atoms with E-state index in [2.05, 4.69) is 5.32 Å². The van der Waals surface area contributed by atoms with Gasteiger partial charge >= 0.3 is 0 Å². The molecule has 106 valence electrons. The van der Waals surface area contributed by atoms with Crippen molar-refractivity contribution in [3.63, 3.8) is 0 Å². The van der Waals surface area contributed by atoms with Crippen LogP contribution in [-0.4, -0.2) is 31.9 Å². The van der Waals surface area contributed by atoms with Gasteiger partial charge in [-0.1, -0.05) is 0 Å². The van der Waals surface area contributed by atoms with E-state index >= 15 is 0 Å². The standard InChI is InChI=1S/C13H20N2O3S/c1-9-5-10(7-11(14)6-9)12(16)15-8-13(2,3)19(4,17)18/h5-7H,8,14H2,1-4H3,(H,15,16). The molecular weight excluding hydrogens is 264 g/mol. The lowest BCUT2D eigenvalue weighted by atomic mass is 10.1. The SMILES string of the molecule is Cc1cc(N)cc(C(=O)NCC(C)(C)S(C)(=O)=O)c1. The summed E-state index contributed by atoms with van der Waals surface area (Å²) in [5, 5.41) is 2.63. The summed E-state index contributed by atoms with van der Waals surface area (Å²) < 4.78 is 22.1. The van der Waals surface area contributed by atoms with Crippen LogP contribution in [0.2, 0.25) is 0 Å². The number of nitrogens with one attached hydrogen (secondary N) is 1. The maximum atomic E-state index is 12.0. The molecule has 0 spiro atoms.